The van der Waals surface area contributed by atoms with Crippen LogP contribution in [-0.2, 0) is 12.0 Å². The van der Waals surface area contributed by atoms with Gasteiger partial charge in [-0.05, 0) is 5.56 Å². The molecule has 0 aliphatic heterocycles. The second kappa shape index (κ2) is 5.54. The highest BCUT2D eigenvalue weighted by Gasteiger charge is 2.19. The first-order valence-electron chi connectivity index (χ1n) is 6.17. The van der Waals surface area contributed by atoms with E-state index >= 15 is 0 Å². The third kappa shape index (κ3) is 3.51. The maximum absolute atomic E-state index is 10.7. The SMILES string of the molecule is CC(C)(C)c1nsc(NCc2cccc([N+](=O)[O-])c2)n1. The molecule has 2 rings (SSSR count). The standard InChI is InChI=1S/C13H16N4O2S/c1-13(2,3)11-15-12(20-16-11)14-8-9-5-4-6-10(7-9)17(18)19/h4-7H,8H2,1-3H3,(H,14,15,16). The molecule has 1 aromatic carbocycles. The summed E-state index contributed by atoms with van der Waals surface area (Å²) in [6, 6.07) is 6.55. The van der Waals surface area contributed by atoms with Gasteiger partial charge < -0.3 is 5.32 Å². The van der Waals surface area contributed by atoms with Crippen LogP contribution in [-0.4, -0.2) is 14.3 Å². The lowest BCUT2D eigenvalue weighted by molar-refractivity contribution is -0.384. The Morgan fingerprint density at radius 2 is 2.15 bits per heavy atom. The molecule has 1 aromatic heterocycles. The van der Waals surface area contributed by atoms with Gasteiger partial charge in [-0.25, -0.2) is 4.98 Å². The molecule has 0 fully saturated rings. The lowest BCUT2D eigenvalue weighted by Crippen LogP contribution is -2.13. The van der Waals surface area contributed by atoms with Gasteiger partial charge in [-0.2, -0.15) is 4.37 Å². The van der Waals surface area contributed by atoms with Crippen LogP contribution in [0.4, 0.5) is 10.8 Å². The van der Waals surface area contributed by atoms with Crippen molar-refractivity contribution in [1.29, 1.82) is 0 Å². The Morgan fingerprint density at radius 1 is 1.40 bits per heavy atom. The summed E-state index contributed by atoms with van der Waals surface area (Å²) < 4.78 is 4.31. The van der Waals surface area contributed by atoms with Gasteiger partial charge in [0.2, 0.25) is 5.13 Å². The van der Waals surface area contributed by atoms with Crippen LogP contribution in [0.2, 0.25) is 0 Å². The van der Waals surface area contributed by atoms with Crippen LogP contribution in [0, 0.1) is 10.1 Å². The number of nitrogens with zero attached hydrogens (tertiary/aromatic N) is 3. The van der Waals surface area contributed by atoms with Crippen LogP contribution in [0.1, 0.15) is 32.2 Å². The summed E-state index contributed by atoms with van der Waals surface area (Å²) in [6.07, 6.45) is 0. The van der Waals surface area contributed by atoms with Gasteiger partial charge in [0.15, 0.2) is 0 Å². The van der Waals surface area contributed by atoms with E-state index in [9.17, 15) is 10.1 Å². The van der Waals surface area contributed by atoms with E-state index in [0.717, 1.165) is 16.5 Å². The minimum absolute atomic E-state index is 0.0814. The molecule has 0 aliphatic rings. The summed E-state index contributed by atoms with van der Waals surface area (Å²) in [6.45, 7) is 6.65. The average molecular weight is 292 g/mol. The highest BCUT2D eigenvalue weighted by molar-refractivity contribution is 7.09. The quantitative estimate of drug-likeness (QED) is 0.690. The zero-order valence-corrected chi connectivity index (χ0v) is 12.4. The number of aromatic nitrogens is 2. The highest BCUT2D eigenvalue weighted by atomic mass is 32.1. The second-order valence-electron chi connectivity index (χ2n) is 5.45. The van der Waals surface area contributed by atoms with Gasteiger partial charge in [-0.3, -0.25) is 10.1 Å². The largest absolute Gasteiger partial charge is 0.356 e. The topological polar surface area (TPSA) is 81.0 Å². The Morgan fingerprint density at radius 3 is 2.75 bits per heavy atom. The van der Waals surface area contributed by atoms with Crippen molar-refractivity contribution in [3.8, 4) is 0 Å². The van der Waals surface area contributed by atoms with E-state index in [1.165, 1.54) is 17.6 Å². The van der Waals surface area contributed by atoms with E-state index in [1.807, 2.05) is 6.07 Å². The molecule has 0 bridgehead atoms. The molecule has 0 spiro atoms. The van der Waals surface area contributed by atoms with Gasteiger partial charge >= 0.3 is 0 Å². The van der Waals surface area contributed by atoms with E-state index < -0.39 is 4.92 Å². The lowest BCUT2D eigenvalue weighted by Gasteiger charge is -2.12. The van der Waals surface area contributed by atoms with Gasteiger partial charge in [0, 0.05) is 35.6 Å². The molecular formula is C13H16N4O2S. The predicted molar refractivity (Wildman–Crippen MR) is 79.0 cm³/mol. The van der Waals surface area contributed by atoms with Gasteiger partial charge in [0.25, 0.3) is 5.69 Å². The summed E-state index contributed by atoms with van der Waals surface area (Å²) in [7, 11) is 0. The summed E-state index contributed by atoms with van der Waals surface area (Å²) in [5, 5.41) is 14.6. The zero-order chi connectivity index (χ0) is 14.8. The molecule has 0 amide bonds. The Hall–Kier alpha value is -2.02. The van der Waals surface area contributed by atoms with Gasteiger partial charge in [0.1, 0.15) is 5.82 Å². The fraction of sp³-hybridized carbons (Fsp3) is 0.385. The maximum atomic E-state index is 10.7. The van der Waals surface area contributed by atoms with E-state index in [2.05, 4.69) is 35.4 Å². The molecule has 20 heavy (non-hydrogen) atoms. The monoisotopic (exact) mass is 292 g/mol. The first-order chi connectivity index (χ1) is 9.36. The molecule has 6 nitrogen and oxygen atoms in total. The number of anilines is 1. The van der Waals surface area contributed by atoms with Crippen molar-refractivity contribution in [3.63, 3.8) is 0 Å². The fourth-order valence-electron chi connectivity index (χ4n) is 1.56. The third-order valence-electron chi connectivity index (χ3n) is 2.66. The van der Waals surface area contributed by atoms with Crippen molar-refractivity contribution >= 4 is 22.4 Å². The molecule has 0 saturated heterocycles. The molecule has 1 heterocycles. The Bertz CT molecular complexity index is 619. The van der Waals surface area contributed by atoms with E-state index in [4.69, 9.17) is 0 Å². The van der Waals surface area contributed by atoms with Crippen molar-refractivity contribution in [2.24, 2.45) is 0 Å². The van der Waals surface area contributed by atoms with Crippen molar-refractivity contribution < 1.29 is 4.92 Å². The second-order valence-corrected chi connectivity index (χ2v) is 6.21. The normalized spacial score (nSPS) is 11.3. The van der Waals surface area contributed by atoms with Crippen molar-refractivity contribution in [2.75, 3.05) is 5.32 Å². The summed E-state index contributed by atoms with van der Waals surface area (Å²) >= 11 is 1.30. The molecule has 0 radical (unpaired) electrons. The van der Waals surface area contributed by atoms with Crippen molar-refractivity contribution in [1.82, 2.24) is 9.36 Å². The molecule has 2 aromatic rings. The van der Waals surface area contributed by atoms with Crippen LogP contribution in [0.15, 0.2) is 24.3 Å². The van der Waals surface area contributed by atoms with Gasteiger partial charge in [-0.1, -0.05) is 32.9 Å². The predicted octanol–water partition coefficient (Wildman–Crippen LogP) is 3.36. The number of hydrogen-bond donors (Lipinski definition) is 1. The van der Waals surface area contributed by atoms with Crippen LogP contribution in [0.25, 0.3) is 0 Å². The fourth-order valence-corrected chi connectivity index (χ4v) is 2.31. The molecule has 0 saturated carbocycles. The molecular weight excluding hydrogens is 276 g/mol. The number of hydrogen-bond acceptors (Lipinski definition) is 6. The molecule has 0 atom stereocenters. The number of nitro benzene ring substituents is 1. The summed E-state index contributed by atoms with van der Waals surface area (Å²) in [5.41, 5.74) is 0.853. The zero-order valence-electron chi connectivity index (χ0n) is 11.6. The number of benzene rings is 1. The van der Waals surface area contributed by atoms with Crippen LogP contribution < -0.4 is 5.32 Å². The Labute approximate surface area is 121 Å². The van der Waals surface area contributed by atoms with Crippen LogP contribution in [0.5, 0.6) is 0 Å². The first-order valence-corrected chi connectivity index (χ1v) is 6.95. The number of rotatable bonds is 4. The molecule has 0 aliphatic carbocycles. The van der Waals surface area contributed by atoms with Gasteiger partial charge in [-0.15, -0.1) is 0 Å². The Balaban J connectivity index is 2.04. The third-order valence-corrected chi connectivity index (χ3v) is 3.33. The maximum Gasteiger partial charge on any atom is 0.269 e. The summed E-state index contributed by atoms with van der Waals surface area (Å²) in [4.78, 5) is 14.7. The van der Waals surface area contributed by atoms with E-state index in [-0.39, 0.29) is 11.1 Å². The minimum Gasteiger partial charge on any atom is -0.356 e. The molecule has 0 unspecified atom stereocenters. The van der Waals surface area contributed by atoms with Crippen molar-refractivity contribution in [2.45, 2.75) is 32.7 Å². The number of nitrogens with one attached hydrogen (secondary N) is 1. The highest BCUT2D eigenvalue weighted by Crippen LogP contribution is 2.23. The van der Waals surface area contributed by atoms with Gasteiger partial charge in [0.05, 0.1) is 4.92 Å². The van der Waals surface area contributed by atoms with Crippen LogP contribution >= 0.6 is 11.5 Å². The molecule has 106 valence electrons. The summed E-state index contributed by atoms with van der Waals surface area (Å²) in [5.74, 6) is 0.795. The average Bonchev–Trinajstić information content (AvgIpc) is 2.85. The number of non-ortho nitro benzene ring substituents is 1. The minimum atomic E-state index is -0.397. The van der Waals surface area contributed by atoms with Crippen LogP contribution in [0.3, 0.4) is 0 Å². The molecule has 7 heteroatoms. The lowest BCUT2D eigenvalue weighted by atomic mass is 9.96. The van der Waals surface area contributed by atoms with E-state index in [1.54, 1.807) is 12.1 Å². The molecule has 1 N–H and O–H groups in total. The number of nitro groups is 1. The smallest absolute Gasteiger partial charge is 0.269 e. The first kappa shape index (κ1) is 14.4. The van der Waals surface area contributed by atoms with Crippen molar-refractivity contribution in [3.05, 3.63) is 45.8 Å². The Kier molecular flexibility index (Phi) is 3.99. The van der Waals surface area contributed by atoms with E-state index in [0.29, 0.717) is 6.54 Å².